The number of carbonyl (C=O) groups is 1. The van der Waals surface area contributed by atoms with E-state index in [2.05, 4.69) is 36.0 Å². The van der Waals surface area contributed by atoms with Crippen molar-refractivity contribution in [2.24, 2.45) is 0 Å². The van der Waals surface area contributed by atoms with Crippen LogP contribution in [0.3, 0.4) is 0 Å². The Kier molecular flexibility index (Phi) is 5.96. The van der Waals surface area contributed by atoms with Crippen LogP contribution in [0, 0.1) is 18.3 Å². The number of hydrogen-bond donors (Lipinski definition) is 0. The van der Waals surface area contributed by atoms with Crippen LogP contribution in [0.2, 0.25) is 0 Å². The Morgan fingerprint density at radius 2 is 2.00 bits per heavy atom. The molecule has 8 heteroatoms. The monoisotopic (exact) mass is 412 g/mol. The van der Waals surface area contributed by atoms with E-state index < -0.39 is 5.92 Å². The van der Waals surface area contributed by atoms with Crippen molar-refractivity contribution >= 4 is 28.9 Å². The molecule has 0 spiro atoms. The van der Waals surface area contributed by atoms with Gasteiger partial charge in [0.2, 0.25) is 5.89 Å². The predicted molar refractivity (Wildman–Crippen MR) is 109 cm³/mol. The molecule has 0 radical (unpaired) electrons. The van der Waals surface area contributed by atoms with Crippen molar-refractivity contribution in [2.75, 3.05) is 5.75 Å². The Bertz CT molecular complexity index is 1010. The summed E-state index contributed by atoms with van der Waals surface area (Å²) in [5.41, 5.74) is 2.92. The number of nitrogens with zero attached hydrogens (tertiary/aromatic N) is 4. The summed E-state index contributed by atoms with van der Waals surface area (Å²) in [5.74, 6) is -0.612. The number of thioether (sulfide) groups is 1. The molecule has 0 unspecified atom stereocenters. The van der Waals surface area contributed by atoms with Gasteiger partial charge in [0.05, 0.1) is 11.8 Å². The van der Waals surface area contributed by atoms with Crippen LogP contribution in [0.25, 0.3) is 11.5 Å². The summed E-state index contributed by atoms with van der Waals surface area (Å²) >= 11 is 2.45. The Labute approximate surface area is 172 Å². The summed E-state index contributed by atoms with van der Waals surface area (Å²) in [6.07, 6.45) is 0. The van der Waals surface area contributed by atoms with Crippen molar-refractivity contribution in [1.82, 2.24) is 15.2 Å². The third-order valence-corrected chi connectivity index (χ3v) is 5.95. The zero-order chi connectivity index (χ0) is 20.3. The second-order valence-electron chi connectivity index (χ2n) is 7.34. The quantitative estimate of drug-likeness (QED) is 0.538. The lowest BCUT2D eigenvalue weighted by atomic mass is 9.87. The minimum atomic E-state index is -0.862. The maximum atomic E-state index is 12.4. The average Bonchev–Trinajstić information content (AvgIpc) is 3.29. The molecule has 144 valence electrons. The van der Waals surface area contributed by atoms with Crippen LogP contribution in [0.15, 0.2) is 39.3 Å². The maximum Gasteiger partial charge on any atom is 0.277 e. The van der Waals surface area contributed by atoms with Gasteiger partial charge in [-0.3, -0.25) is 4.79 Å². The fourth-order valence-corrected chi connectivity index (χ4v) is 4.01. The maximum absolute atomic E-state index is 12.4. The van der Waals surface area contributed by atoms with Gasteiger partial charge in [-0.25, -0.2) is 4.98 Å². The van der Waals surface area contributed by atoms with Crippen LogP contribution in [0.1, 0.15) is 43.0 Å². The normalized spacial score (nSPS) is 12.5. The van der Waals surface area contributed by atoms with E-state index in [-0.39, 0.29) is 17.0 Å². The van der Waals surface area contributed by atoms with Gasteiger partial charge in [0.25, 0.3) is 5.22 Å². The number of hydrogen-bond acceptors (Lipinski definition) is 8. The highest BCUT2D eigenvalue weighted by Gasteiger charge is 2.24. The summed E-state index contributed by atoms with van der Waals surface area (Å²) in [6, 6.07) is 10.0. The first-order valence-corrected chi connectivity index (χ1v) is 10.6. The molecule has 0 fully saturated rings. The van der Waals surface area contributed by atoms with Crippen molar-refractivity contribution in [1.29, 1.82) is 5.26 Å². The summed E-state index contributed by atoms with van der Waals surface area (Å²) in [4.78, 5) is 16.6. The van der Waals surface area contributed by atoms with E-state index in [0.29, 0.717) is 16.1 Å². The number of benzene rings is 1. The van der Waals surface area contributed by atoms with Crippen LogP contribution < -0.4 is 0 Å². The Hall–Kier alpha value is -2.50. The Morgan fingerprint density at radius 1 is 1.29 bits per heavy atom. The van der Waals surface area contributed by atoms with Crippen LogP contribution in [-0.4, -0.2) is 26.7 Å². The molecule has 0 saturated heterocycles. The molecule has 0 aliphatic heterocycles. The molecular formula is C20H20N4O2S2. The van der Waals surface area contributed by atoms with E-state index in [9.17, 15) is 10.1 Å². The highest BCUT2D eigenvalue weighted by atomic mass is 32.2. The third kappa shape index (κ3) is 4.66. The summed E-state index contributed by atoms with van der Waals surface area (Å²) < 4.78 is 5.66. The second-order valence-corrected chi connectivity index (χ2v) is 9.16. The lowest BCUT2D eigenvalue weighted by Crippen LogP contribution is -2.13. The molecule has 28 heavy (non-hydrogen) atoms. The first-order valence-electron chi connectivity index (χ1n) is 8.69. The van der Waals surface area contributed by atoms with E-state index in [1.54, 1.807) is 0 Å². The smallest absolute Gasteiger partial charge is 0.277 e. The minimum absolute atomic E-state index is 0.0709. The van der Waals surface area contributed by atoms with Gasteiger partial charge in [-0.1, -0.05) is 44.7 Å². The molecule has 0 aliphatic rings. The van der Waals surface area contributed by atoms with Crippen molar-refractivity contribution < 1.29 is 9.21 Å². The van der Waals surface area contributed by atoms with Crippen molar-refractivity contribution in [3.05, 3.63) is 45.9 Å². The van der Waals surface area contributed by atoms with Crippen LogP contribution in [0.5, 0.6) is 0 Å². The van der Waals surface area contributed by atoms with Crippen LogP contribution >= 0.6 is 23.1 Å². The lowest BCUT2D eigenvalue weighted by Gasteiger charge is -2.18. The number of rotatable bonds is 6. The molecule has 0 amide bonds. The van der Waals surface area contributed by atoms with Crippen molar-refractivity contribution in [3.63, 3.8) is 0 Å². The summed E-state index contributed by atoms with van der Waals surface area (Å²) in [7, 11) is 0. The fraction of sp³-hybridized carbons (Fsp3) is 0.350. The fourth-order valence-electron chi connectivity index (χ4n) is 2.48. The Balaban J connectivity index is 1.64. The number of Topliss-reactive ketones (excluding diaryl/α,β-unsaturated/α-hetero) is 1. The zero-order valence-electron chi connectivity index (χ0n) is 16.1. The molecular weight excluding hydrogens is 392 g/mol. The predicted octanol–water partition coefficient (Wildman–Crippen LogP) is 4.77. The number of nitriles is 1. The molecule has 6 nitrogen and oxygen atoms in total. The number of carbonyl (C=O) groups excluding carboxylic acids is 1. The molecule has 1 atom stereocenters. The average molecular weight is 413 g/mol. The van der Waals surface area contributed by atoms with Gasteiger partial charge in [-0.05, 0) is 30.0 Å². The van der Waals surface area contributed by atoms with Crippen molar-refractivity contribution in [3.8, 4) is 17.5 Å². The molecule has 0 bridgehead atoms. The summed E-state index contributed by atoms with van der Waals surface area (Å²) in [5, 5.41) is 20.0. The van der Waals surface area contributed by atoms with E-state index in [1.807, 2.05) is 42.6 Å². The third-order valence-electron chi connectivity index (χ3n) is 4.08. The zero-order valence-corrected chi connectivity index (χ0v) is 17.7. The van der Waals surface area contributed by atoms with Gasteiger partial charge in [-0.15, -0.1) is 21.5 Å². The standard InChI is InChI=1S/C20H20N4O2S2/c1-12-10-27-18(22-12)15(9-21)16(25)11-28-19-24-23-17(26-19)13-5-7-14(8-6-13)20(2,3)4/h5-8,10,15H,11H2,1-4H3/t15-/m1/s1. The highest BCUT2D eigenvalue weighted by Crippen LogP contribution is 2.28. The highest BCUT2D eigenvalue weighted by molar-refractivity contribution is 7.99. The topological polar surface area (TPSA) is 92.7 Å². The van der Waals surface area contributed by atoms with Gasteiger partial charge in [0.15, 0.2) is 11.7 Å². The second kappa shape index (κ2) is 8.25. The number of ketones is 1. The first kappa shape index (κ1) is 20.2. The number of aromatic nitrogens is 3. The largest absolute Gasteiger partial charge is 0.411 e. The van der Waals surface area contributed by atoms with E-state index in [4.69, 9.17) is 4.42 Å². The molecule has 0 saturated carbocycles. The first-order chi connectivity index (χ1) is 13.3. The summed E-state index contributed by atoms with van der Waals surface area (Å²) in [6.45, 7) is 8.30. The van der Waals surface area contributed by atoms with Crippen molar-refractivity contribution in [2.45, 2.75) is 44.3 Å². The van der Waals surface area contributed by atoms with Gasteiger partial charge < -0.3 is 4.42 Å². The van der Waals surface area contributed by atoms with Crippen LogP contribution in [0.4, 0.5) is 0 Å². The van der Waals surface area contributed by atoms with Gasteiger partial charge in [-0.2, -0.15) is 5.26 Å². The van der Waals surface area contributed by atoms with E-state index >= 15 is 0 Å². The minimum Gasteiger partial charge on any atom is -0.411 e. The van der Waals surface area contributed by atoms with Gasteiger partial charge in [0.1, 0.15) is 5.01 Å². The molecule has 0 N–H and O–H groups in total. The lowest BCUT2D eigenvalue weighted by molar-refractivity contribution is -0.116. The molecule has 2 aromatic heterocycles. The molecule has 2 heterocycles. The number of aryl methyl sites for hydroxylation is 1. The van der Waals surface area contributed by atoms with Gasteiger partial charge >= 0.3 is 0 Å². The van der Waals surface area contributed by atoms with Gasteiger partial charge in [0, 0.05) is 16.6 Å². The SMILES string of the molecule is Cc1csc([C@H](C#N)C(=O)CSc2nnc(-c3ccc(C(C)(C)C)cc3)o2)n1. The van der Waals surface area contributed by atoms with Crippen LogP contribution in [-0.2, 0) is 10.2 Å². The molecule has 0 aliphatic carbocycles. The number of thiazole rings is 1. The van der Waals surface area contributed by atoms with E-state index in [0.717, 1.165) is 23.0 Å². The molecule has 3 aromatic rings. The molecule has 3 rings (SSSR count). The van der Waals surface area contributed by atoms with E-state index in [1.165, 1.54) is 16.9 Å². The molecule has 1 aromatic carbocycles. The Morgan fingerprint density at radius 3 is 2.57 bits per heavy atom.